The normalized spacial score (nSPS) is 12.3. The lowest BCUT2D eigenvalue weighted by molar-refractivity contribution is 0.00834. The van der Waals surface area contributed by atoms with E-state index in [2.05, 4.69) is 28.4 Å². The van der Waals surface area contributed by atoms with Crippen molar-refractivity contribution in [3.63, 3.8) is 0 Å². The Kier molecular flexibility index (Phi) is 4.11. The summed E-state index contributed by atoms with van der Waals surface area (Å²) in [5, 5.41) is 0. The van der Waals surface area contributed by atoms with Gasteiger partial charge in [0.05, 0.1) is 12.1 Å². The number of methoxy groups -OCH3 is 1. The standard InChI is InChI=1S/C14H20ClN3O/c1-10-6-8-16-13-12(10)17-11(5-7-15)18(13)9-14(2,3)19-4/h6,8H,5,7,9H2,1-4H3. The lowest BCUT2D eigenvalue weighted by Crippen LogP contribution is -2.30. The molecule has 2 aromatic rings. The predicted octanol–water partition coefficient (Wildman–Crippen LogP) is 2.95. The summed E-state index contributed by atoms with van der Waals surface area (Å²) in [5.74, 6) is 1.52. The average molecular weight is 282 g/mol. The van der Waals surface area contributed by atoms with Gasteiger partial charge in [0.25, 0.3) is 0 Å². The van der Waals surface area contributed by atoms with E-state index in [1.54, 1.807) is 7.11 Å². The lowest BCUT2D eigenvalue weighted by Gasteiger charge is -2.24. The maximum Gasteiger partial charge on any atom is 0.160 e. The second-order valence-electron chi connectivity index (χ2n) is 5.32. The molecule has 0 fully saturated rings. The van der Waals surface area contributed by atoms with Crippen molar-refractivity contribution in [2.45, 2.75) is 39.3 Å². The molecule has 0 radical (unpaired) electrons. The number of imidazole rings is 1. The Labute approximate surface area is 118 Å². The maximum atomic E-state index is 5.88. The molecule has 0 saturated carbocycles. The Morgan fingerprint density at radius 1 is 1.42 bits per heavy atom. The third-order valence-corrected chi connectivity index (χ3v) is 3.51. The van der Waals surface area contributed by atoms with Gasteiger partial charge in [-0.25, -0.2) is 9.97 Å². The van der Waals surface area contributed by atoms with Gasteiger partial charge < -0.3 is 9.30 Å². The van der Waals surface area contributed by atoms with Gasteiger partial charge in [0.2, 0.25) is 0 Å². The van der Waals surface area contributed by atoms with Crippen LogP contribution in [0, 0.1) is 6.92 Å². The number of alkyl halides is 1. The zero-order chi connectivity index (χ0) is 14.0. The van der Waals surface area contributed by atoms with Crippen molar-refractivity contribution in [3.8, 4) is 0 Å². The van der Waals surface area contributed by atoms with Gasteiger partial charge in [-0.3, -0.25) is 0 Å². The van der Waals surface area contributed by atoms with Crippen LogP contribution in [0.3, 0.4) is 0 Å². The molecule has 0 spiro atoms. The number of aromatic nitrogens is 3. The van der Waals surface area contributed by atoms with Crippen LogP contribution in [0.25, 0.3) is 11.2 Å². The molecule has 2 heterocycles. The summed E-state index contributed by atoms with van der Waals surface area (Å²) in [6, 6.07) is 1.98. The SMILES string of the molecule is COC(C)(C)Cn1c(CCCl)nc2c(C)ccnc21. The van der Waals surface area contributed by atoms with Crippen LogP contribution in [-0.4, -0.2) is 33.1 Å². The number of hydrogen-bond donors (Lipinski definition) is 0. The fourth-order valence-corrected chi connectivity index (χ4v) is 2.24. The summed E-state index contributed by atoms with van der Waals surface area (Å²) in [4.78, 5) is 9.15. The molecule has 0 atom stereocenters. The average Bonchev–Trinajstić information content (AvgIpc) is 2.70. The molecule has 5 heteroatoms. The minimum atomic E-state index is -0.264. The van der Waals surface area contributed by atoms with Crippen molar-refractivity contribution < 1.29 is 4.74 Å². The number of halogens is 1. The topological polar surface area (TPSA) is 39.9 Å². The fraction of sp³-hybridized carbons (Fsp3) is 0.571. The number of pyridine rings is 1. The Morgan fingerprint density at radius 3 is 2.79 bits per heavy atom. The molecule has 0 aliphatic carbocycles. The molecule has 0 amide bonds. The van der Waals surface area contributed by atoms with Gasteiger partial charge in [0, 0.05) is 25.6 Å². The van der Waals surface area contributed by atoms with Gasteiger partial charge in [-0.15, -0.1) is 11.6 Å². The smallest absolute Gasteiger partial charge is 0.160 e. The van der Waals surface area contributed by atoms with Gasteiger partial charge in [0.15, 0.2) is 5.65 Å². The number of nitrogens with zero attached hydrogens (tertiary/aromatic N) is 3. The highest BCUT2D eigenvalue weighted by molar-refractivity contribution is 6.17. The molecule has 0 N–H and O–H groups in total. The number of ether oxygens (including phenoxy) is 1. The van der Waals surface area contributed by atoms with E-state index in [-0.39, 0.29) is 5.60 Å². The molecule has 2 aromatic heterocycles. The molecule has 104 valence electrons. The van der Waals surface area contributed by atoms with Crippen molar-refractivity contribution in [1.82, 2.24) is 14.5 Å². The van der Waals surface area contributed by atoms with Crippen molar-refractivity contribution in [2.75, 3.05) is 13.0 Å². The van der Waals surface area contributed by atoms with Gasteiger partial charge in [-0.05, 0) is 32.4 Å². The van der Waals surface area contributed by atoms with E-state index < -0.39 is 0 Å². The minimum Gasteiger partial charge on any atom is -0.377 e. The monoisotopic (exact) mass is 281 g/mol. The molecule has 0 unspecified atom stereocenters. The first-order chi connectivity index (χ1) is 8.98. The quantitative estimate of drug-likeness (QED) is 0.791. The van der Waals surface area contributed by atoms with E-state index >= 15 is 0 Å². The van der Waals surface area contributed by atoms with Gasteiger partial charge in [-0.2, -0.15) is 0 Å². The molecule has 0 bridgehead atoms. The fourth-order valence-electron chi connectivity index (χ4n) is 2.07. The van der Waals surface area contributed by atoms with Gasteiger partial charge >= 0.3 is 0 Å². The predicted molar refractivity (Wildman–Crippen MR) is 77.8 cm³/mol. The van der Waals surface area contributed by atoms with Crippen LogP contribution in [0.5, 0.6) is 0 Å². The summed E-state index contributed by atoms with van der Waals surface area (Å²) < 4.78 is 7.63. The van der Waals surface area contributed by atoms with Crippen LogP contribution in [0.1, 0.15) is 25.2 Å². The first-order valence-electron chi connectivity index (χ1n) is 6.40. The summed E-state index contributed by atoms with van der Waals surface area (Å²) in [5.41, 5.74) is 2.73. The Bertz CT molecular complexity index is 577. The van der Waals surface area contributed by atoms with Crippen LogP contribution < -0.4 is 0 Å². The van der Waals surface area contributed by atoms with Crippen LogP contribution in [0.15, 0.2) is 12.3 Å². The number of fused-ring (bicyclic) bond motifs is 1. The molecule has 19 heavy (non-hydrogen) atoms. The summed E-state index contributed by atoms with van der Waals surface area (Å²) >= 11 is 5.88. The van der Waals surface area contributed by atoms with E-state index in [1.165, 1.54) is 0 Å². The molecule has 4 nitrogen and oxygen atoms in total. The van der Waals surface area contributed by atoms with E-state index in [9.17, 15) is 0 Å². The second-order valence-corrected chi connectivity index (χ2v) is 5.70. The number of hydrogen-bond acceptors (Lipinski definition) is 3. The first kappa shape index (κ1) is 14.3. The van der Waals surface area contributed by atoms with Crippen molar-refractivity contribution >= 4 is 22.8 Å². The number of rotatable bonds is 5. The first-order valence-corrected chi connectivity index (χ1v) is 6.94. The Hall–Kier alpha value is -1.13. The van der Waals surface area contributed by atoms with E-state index in [0.717, 1.165) is 29.0 Å². The zero-order valence-corrected chi connectivity index (χ0v) is 12.7. The van der Waals surface area contributed by atoms with Crippen molar-refractivity contribution in [3.05, 3.63) is 23.7 Å². The van der Waals surface area contributed by atoms with E-state index in [4.69, 9.17) is 16.3 Å². The Balaban J connectivity index is 2.55. The highest BCUT2D eigenvalue weighted by atomic mass is 35.5. The molecule has 0 saturated heterocycles. The highest BCUT2D eigenvalue weighted by Crippen LogP contribution is 2.21. The van der Waals surface area contributed by atoms with Gasteiger partial charge in [0.1, 0.15) is 11.3 Å². The molecule has 2 rings (SSSR count). The van der Waals surface area contributed by atoms with E-state index in [1.807, 2.05) is 19.2 Å². The van der Waals surface area contributed by atoms with Crippen molar-refractivity contribution in [2.24, 2.45) is 0 Å². The largest absolute Gasteiger partial charge is 0.377 e. The molecule has 0 aromatic carbocycles. The number of aryl methyl sites for hydroxylation is 2. The zero-order valence-electron chi connectivity index (χ0n) is 11.9. The van der Waals surface area contributed by atoms with Crippen LogP contribution in [-0.2, 0) is 17.7 Å². The third kappa shape index (κ3) is 2.90. The van der Waals surface area contributed by atoms with Crippen molar-refractivity contribution in [1.29, 1.82) is 0 Å². The maximum absolute atomic E-state index is 5.88. The summed E-state index contributed by atoms with van der Waals surface area (Å²) in [6.45, 7) is 6.87. The molecule has 0 aliphatic heterocycles. The Morgan fingerprint density at radius 2 is 2.16 bits per heavy atom. The molecular formula is C14H20ClN3O. The highest BCUT2D eigenvalue weighted by Gasteiger charge is 2.22. The summed E-state index contributed by atoms with van der Waals surface area (Å²) in [7, 11) is 1.72. The van der Waals surface area contributed by atoms with Crippen LogP contribution >= 0.6 is 11.6 Å². The summed E-state index contributed by atoms with van der Waals surface area (Å²) in [6.07, 6.45) is 2.55. The lowest BCUT2D eigenvalue weighted by atomic mass is 10.1. The second kappa shape index (κ2) is 5.47. The van der Waals surface area contributed by atoms with Crippen LogP contribution in [0.4, 0.5) is 0 Å². The minimum absolute atomic E-state index is 0.264. The molecule has 0 aliphatic rings. The van der Waals surface area contributed by atoms with E-state index in [0.29, 0.717) is 12.4 Å². The van der Waals surface area contributed by atoms with Gasteiger partial charge in [-0.1, -0.05) is 0 Å². The molecular weight excluding hydrogens is 262 g/mol. The van der Waals surface area contributed by atoms with Crippen LogP contribution in [0.2, 0.25) is 0 Å². The third-order valence-electron chi connectivity index (χ3n) is 3.32.